The van der Waals surface area contributed by atoms with Crippen LogP contribution in [0.15, 0.2) is 78.9 Å². The Labute approximate surface area is 167 Å². The van der Waals surface area contributed by atoms with Crippen LogP contribution in [0.1, 0.15) is 10.4 Å². The topological polar surface area (TPSA) is 89.3 Å². The van der Waals surface area contributed by atoms with Gasteiger partial charge in [0.15, 0.2) is 0 Å². The van der Waals surface area contributed by atoms with Gasteiger partial charge >= 0.3 is 0 Å². The summed E-state index contributed by atoms with van der Waals surface area (Å²) in [6.07, 6.45) is -0.814. The Balaban J connectivity index is 1.41. The zero-order valence-corrected chi connectivity index (χ0v) is 15.6. The average Bonchev–Trinajstić information content (AvgIpc) is 3.16. The molecule has 1 atom stereocenters. The number of nitrogens with one attached hydrogen (secondary N) is 1. The SMILES string of the molecule is O=C(Nc1ccccc1)c1ccccc1OC[C@@H](O)Cn1nnc2ccccc21. The zero-order valence-electron chi connectivity index (χ0n) is 15.6. The number of para-hydroxylation sites is 3. The van der Waals surface area contributed by atoms with Gasteiger partial charge in [-0.3, -0.25) is 4.79 Å². The predicted octanol–water partition coefficient (Wildman–Crippen LogP) is 3.12. The molecule has 7 nitrogen and oxygen atoms in total. The lowest BCUT2D eigenvalue weighted by molar-refractivity contribution is 0.0877. The Morgan fingerprint density at radius 3 is 2.59 bits per heavy atom. The predicted molar refractivity (Wildman–Crippen MR) is 110 cm³/mol. The molecule has 0 aliphatic rings. The Bertz CT molecular complexity index is 1110. The van der Waals surface area contributed by atoms with E-state index in [-0.39, 0.29) is 19.1 Å². The molecule has 1 amide bonds. The summed E-state index contributed by atoms with van der Waals surface area (Å²) in [5, 5.41) is 21.4. The molecule has 0 spiro atoms. The van der Waals surface area contributed by atoms with E-state index in [4.69, 9.17) is 4.74 Å². The number of aliphatic hydroxyl groups excluding tert-OH is 1. The van der Waals surface area contributed by atoms with Crippen molar-refractivity contribution in [1.82, 2.24) is 15.0 Å². The lowest BCUT2D eigenvalue weighted by Gasteiger charge is -2.15. The van der Waals surface area contributed by atoms with E-state index in [1.54, 1.807) is 28.9 Å². The van der Waals surface area contributed by atoms with Crippen molar-refractivity contribution in [2.24, 2.45) is 0 Å². The normalized spacial score (nSPS) is 11.9. The number of fused-ring (bicyclic) bond motifs is 1. The first kappa shape index (κ1) is 18.6. The molecule has 4 rings (SSSR count). The van der Waals surface area contributed by atoms with E-state index < -0.39 is 6.10 Å². The number of nitrogens with zero attached hydrogens (tertiary/aromatic N) is 3. The van der Waals surface area contributed by atoms with Gasteiger partial charge in [-0.15, -0.1) is 5.10 Å². The zero-order chi connectivity index (χ0) is 20.1. The summed E-state index contributed by atoms with van der Waals surface area (Å²) in [5.74, 6) is 0.131. The maximum absolute atomic E-state index is 12.6. The summed E-state index contributed by atoms with van der Waals surface area (Å²) < 4.78 is 7.38. The van der Waals surface area contributed by atoms with Gasteiger partial charge in [0.05, 0.1) is 17.6 Å². The largest absolute Gasteiger partial charge is 0.490 e. The van der Waals surface area contributed by atoms with E-state index in [1.807, 2.05) is 54.6 Å². The second-order valence-corrected chi connectivity index (χ2v) is 6.54. The molecule has 3 aromatic carbocycles. The summed E-state index contributed by atoms with van der Waals surface area (Å²) in [7, 11) is 0. The smallest absolute Gasteiger partial charge is 0.259 e. The molecule has 4 aromatic rings. The van der Waals surface area contributed by atoms with Crippen LogP contribution in [0, 0.1) is 0 Å². The molecule has 0 unspecified atom stereocenters. The summed E-state index contributed by atoms with van der Waals surface area (Å²) in [4.78, 5) is 12.6. The number of carbonyl (C=O) groups excluding carboxylic acids is 1. The number of anilines is 1. The van der Waals surface area contributed by atoms with Gasteiger partial charge in [0.1, 0.15) is 24.0 Å². The Hall–Kier alpha value is -3.71. The van der Waals surface area contributed by atoms with Crippen LogP contribution in [0.4, 0.5) is 5.69 Å². The van der Waals surface area contributed by atoms with Gasteiger partial charge in [-0.1, -0.05) is 47.7 Å². The van der Waals surface area contributed by atoms with Gasteiger partial charge in [-0.05, 0) is 36.4 Å². The molecule has 7 heteroatoms. The third-order valence-electron chi connectivity index (χ3n) is 4.40. The highest BCUT2D eigenvalue weighted by Crippen LogP contribution is 2.20. The molecular formula is C22H20N4O3. The fourth-order valence-corrected chi connectivity index (χ4v) is 2.99. The minimum absolute atomic E-state index is 0.0177. The van der Waals surface area contributed by atoms with Crippen LogP contribution >= 0.6 is 0 Å². The maximum Gasteiger partial charge on any atom is 0.259 e. The molecule has 1 aromatic heterocycles. The van der Waals surface area contributed by atoms with Crippen LogP contribution in [0.25, 0.3) is 11.0 Å². The lowest BCUT2D eigenvalue weighted by atomic mass is 10.2. The van der Waals surface area contributed by atoms with Crippen molar-refractivity contribution in [3.05, 3.63) is 84.4 Å². The Kier molecular flexibility index (Phi) is 5.49. The molecule has 2 N–H and O–H groups in total. The van der Waals surface area contributed by atoms with Gasteiger partial charge in [-0.2, -0.15) is 0 Å². The molecule has 146 valence electrons. The fourth-order valence-electron chi connectivity index (χ4n) is 2.99. The number of aliphatic hydroxyl groups is 1. The number of amides is 1. The van der Waals surface area contributed by atoms with Gasteiger partial charge < -0.3 is 15.2 Å². The number of benzene rings is 3. The molecule has 0 fully saturated rings. The Morgan fingerprint density at radius 2 is 1.72 bits per heavy atom. The maximum atomic E-state index is 12.6. The van der Waals surface area contributed by atoms with E-state index in [0.29, 0.717) is 17.0 Å². The van der Waals surface area contributed by atoms with E-state index in [0.717, 1.165) is 11.0 Å². The number of carbonyl (C=O) groups is 1. The third-order valence-corrected chi connectivity index (χ3v) is 4.40. The quantitative estimate of drug-likeness (QED) is 0.508. The minimum atomic E-state index is -0.814. The first-order valence-corrected chi connectivity index (χ1v) is 9.25. The second kappa shape index (κ2) is 8.53. The van der Waals surface area contributed by atoms with Crippen LogP contribution in [-0.2, 0) is 6.54 Å². The molecule has 0 saturated heterocycles. The molecule has 0 aliphatic carbocycles. The molecule has 0 bridgehead atoms. The van der Waals surface area contributed by atoms with Gasteiger partial charge in [0, 0.05) is 5.69 Å². The first-order chi connectivity index (χ1) is 14.2. The van der Waals surface area contributed by atoms with Crippen molar-refractivity contribution in [2.45, 2.75) is 12.6 Å². The number of hydrogen-bond acceptors (Lipinski definition) is 5. The first-order valence-electron chi connectivity index (χ1n) is 9.25. The van der Waals surface area contributed by atoms with Crippen LogP contribution in [0.3, 0.4) is 0 Å². The van der Waals surface area contributed by atoms with Crippen molar-refractivity contribution in [2.75, 3.05) is 11.9 Å². The number of aromatic nitrogens is 3. The van der Waals surface area contributed by atoms with Crippen LogP contribution in [0.2, 0.25) is 0 Å². The summed E-state index contributed by atoms with van der Waals surface area (Å²) in [6, 6.07) is 23.7. The standard InChI is InChI=1S/C22H20N4O3/c27-17(14-26-20-12-6-5-11-19(20)24-25-26)15-29-21-13-7-4-10-18(21)22(28)23-16-8-2-1-3-9-16/h1-13,17,27H,14-15H2,(H,23,28)/t17-/m0/s1. The number of rotatable bonds is 7. The monoisotopic (exact) mass is 388 g/mol. The molecule has 1 heterocycles. The van der Waals surface area contributed by atoms with E-state index in [1.165, 1.54) is 0 Å². The van der Waals surface area contributed by atoms with Crippen LogP contribution < -0.4 is 10.1 Å². The Morgan fingerprint density at radius 1 is 1.00 bits per heavy atom. The minimum Gasteiger partial charge on any atom is -0.490 e. The molecule has 29 heavy (non-hydrogen) atoms. The second-order valence-electron chi connectivity index (χ2n) is 6.54. The highest BCUT2D eigenvalue weighted by atomic mass is 16.5. The number of ether oxygens (including phenoxy) is 1. The van der Waals surface area contributed by atoms with E-state index in [2.05, 4.69) is 15.6 Å². The van der Waals surface area contributed by atoms with Crippen molar-refractivity contribution < 1.29 is 14.6 Å². The average molecular weight is 388 g/mol. The molecule has 0 radical (unpaired) electrons. The van der Waals surface area contributed by atoms with E-state index in [9.17, 15) is 9.90 Å². The van der Waals surface area contributed by atoms with Crippen LogP contribution in [0.5, 0.6) is 5.75 Å². The summed E-state index contributed by atoms with van der Waals surface area (Å²) in [6.45, 7) is 0.253. The van der Waals surface area contributed by atoms with Crippen molar-refractivity contribution >= 4 is 22.6 Å². The summed E-state index contributed by atoms with van der Waals surface area (Å²) >= 11 is 0. The highest BCUT2D eigenvalue weighted by molar-refractivity contribution is 6.06. The van der Waals surface area contributed by atoms with Crippen molar-refractivity contribution in [3.63, 3.8) is 0 Å². The molecule has 0 saturated carbocycles. The van der Waals surface area contributed by atoms with Gasteiger partial charge in [0.2, 0.25) is 0 Å². The van der Waals surface area contributed by atoms with E-state index >= 15 is 0 Å². The fraction of sp³-hybridized carbons (Fsp3) is 0.136. The van der Waals surface area contributed by atoms with Crippen molar-refractivity contribution in [1.29, 1.82) is 0 Å². The van der Waals surface area contributed by atoms with Gasteiger partial charge in [0.25, 0.3) is 5.91 Å². The number of hydrogen-bond donors (Lipinski definition) is 2. The lowest BCUT2D eigenvalue weighted by Crippen LogP contribution is -2.25. The third kappa shape index (κ3) is 4.41. The molecule has 0 aliphatic heterocycles. The van der Waals surface area contributed by atoms with Crippen LogP contribution in [-0.4, -0.2) is 38.7 Å². The highest BCUT2D eigenvalue weighted by Gasteiger charge is 2.15. The summed E-state index contributed by atoms with van der Waals surface area (Å²) in [5.41, 5.74) is 2.71. The van der Waals surface area contributed by atoms with Gasteiger partial charge in [-0.25, -0.2) is 4.68 Å². The molecular weight excluding hydrogens is 368 g/mol. The van der Waals surface area contributed by atoms with Crippen molar-refractivity contribution in [3.8, 4) is 5.75 Å².